The van der Waals surface area contributed by atoms with Gasteiger partial charge in [0.25, 0.3) is 0 Å². The third-order valence-electron chi connectivity index (χ3n) is 8.31. The van der Waals surface area contributed by atoms with Gasteiger partial charge in [0.05, 0.1) is 26.1 Å². The molecule has 0 aliphatic heterocycles. The molecule has 0 N–H and O–H groups in total. The van der Waals surface area contributed by atoms with Gasteiger partial charge < -0.3 is 9.47 Å². The summed E-state index contributed by atoms with van der Waals surface area (Å²) in [6, 6.07) is 17.0. The molecular weight excluding hydrogens is 574 g/mol. The van der Waals surface area contributed by atoms with Crippen LogP contribution in [0.4, 0.5) is 26.3 Å². The van der Waals surface area contributed by atoms with Crippen molar-refractivity contribution in [2.75, 3.05) is 13.2 Å². The summed E-state index contributed by atoms with van der Waals surface area (Å²) in [5, 5.41) is 0. The molecule has 2 aliphatic carbocycles. The molecule has 0 saturated carbocycles. The van der Waals surface area contributed by atoms with Crippen LogP contribution in [0.1, 0.15) is 67.2 Å². The lowest BCUT2D eigenvalue weighted by Crippen LogP contribution is -2.44. The maximum Gasteiger partial charge on any atom is 0.389 e. The fraction of sp³-hybridized carbons (Fsp3) is 0.394. The third-order valence-corrected chi connectivity index (χ3v) is 8.31. The summed E-state index contributed by atoms with van der Waals surface area (Å²) in [5.41, 5.74) is 1.93. The van der Waals surface area contributed by atoms with Crippen LogP contribution < -0.4 is 0 Å². The summed E-state index contributed by atoms with van der Waals surface area (Å²) >= 11 is 0. The monoisotopic (exact) mass is 604 g/mol. The number of ether oxygens (including phenoxy) is 2. The van der Waals surface area contributed by atoms with Gasteiger partial charge in [0.2, 0.25) is 0 Å². The summed E-state index contributed by atoms with van der Waals surface area (Å²) in [6.07, 6.45) is -11.5. The summed E-state index contributed by atoms with van der Waals surface area (Å²) in [4.78, 5) is 26.8. The molecule has 3 aromatic rings. The van der Waals surface area contributed by atoms with Crippen molar-refractivity contribution in [1.82, 2.24) is 0 Å². The van der Waals surface area contributed by atoms with Crippen molar-refractivity contribution in [3.05, 3.63) is 82.9 Å². The topological polar surface area (TPSA) is 52.6 Å². The molecule has 0 heterocycles. The van der Waals surface area contributed by atoms with Crippen molar-refractivity contribution in [1.29, 1.82) is 0 Å². The Morgan fingerprint density at radius 2 is 1.33 bits per heavy atom. The van der Waals surface area contributed by atoms with E-state index < -0.39 is 60.8 Å². The molecule has 0 saturated heterocycles. The van der Waals surface area contributed by atoms with E-state index in [0.717, 1.165) is 11.1 Å². The van der Waals surface area contributed by atoms with E-state index >= 15 is 0 Å². The van der Waals surface area contributed by atoms with Crippen LogP contribution in [0.3, 0.4) is 0 Å². The number of carbonyl (C=O) groups excluding carboxylic acids is 2. The van der Waals surface area contributed by atoms with Crippen molar-refractivity contribution >= 4 is 11.9 Å². The minimum absolute atomic E-state index is 0.0612. The van der Waals surface area contributed by atoms with Gasteiger partial charge in [-0.15, -0.1) is 0 Å². The number of hydrogen-bond acceptors (Lipinski definition) is 4. The smallest absolute Gasteiger partial charge is 0.389 e. The number of hydrogen-bond donors (Lipinski definition) is 0. The Bertz CT molecular complexity index is 1520. The standard InChI is InChI=1S/C33H30F6O4/c1-3-42-29(40)31(30(41)43-4-2)16-23(18-33(37,38)39)25-11-9-20(15-28(25)31)19-10-12-26-24-8-6-5-7-21(24)13-22(27(26)14-19)17-32(34,35)36/h5-12,14-15,22-23H,3-4,13,16-18H2,1-2H3/t22?,23-/m1/s1. The lowest BCUT2D eigenvalue weighted by atomic mass is 9.76. The van der Waals surface area contributed by atoms with E-state index in [4.69, 9.17) is 9.47 Å². The van der Waals surface area contributed by atoms with E-state index in [2.05, 4.69) is 0 Å². The summed E-state index contributed by atoms with van der Waals surface area (Å²) in [7, 11) is 0. The molecule has 0 spiro atoms. The summed E-state index contributed by atoms with van der Waals surface area (Å²) in [5.74, 6) is -4.03. The number of esters is 2. The van der Waals surface area contributed by atoms with E-state index in [1.165, 1.54) is 26.0 Å². The highest BCUT2D eigenvalue weighted by Gasteiger charge is 2.58. The van der Waals surface area contributed by atoms with Gasteiger partial charge in [-0.2, -0.15) is 26.3 Å². The lowest BCUT2D eigenvalue weighted by Gasteiger charge is -2.29. The van der Waals surface area contributed by atoms with E-state index in [9.17, 15) is 35.9 Å². The average Bonchev–Trinajstić information content (AvgIpc) is 3.25. The Hall–Kier alpha value is -3.82. The molecule has 4 nitrogen and oxygen atoms in total. The molecule has 0 fully saturated rings. The zero-order valence-electron chi connectivity index (χ0n) is 23.6. The minimum atomic E-state index is -4.57. The highest BCUT2D eigenvalue weighted by molar-refractivity contribution is 6.08. The first-order valence-electron chi connectivity index (χ1n) is 14.1. The van der Waals surface area contributed by atoms with Gasteiger partial charge in [0.1, 0.15) is 0 Å². The van der Waals surface area contributed by atoms with Crippen LogP contribution in [-0.2, 0) is 30.9 Å². The number of benzene rings is 3. The third kappa shape index (κ3) is 5.88. The predicted octanol–water partition coefficient (Wildman–Crippen LogP) is 8.42. The van der Waals surface area contributed by atoms with Crippen molar-refractivity contribution in [3.8, 4) is 22.3 Å². The van der Waals surface area contributed by atoms with Gasteiger partial charge in [-0.25, -0.2) is 0 Å². The minimum Gasteiger partial charge on any atom is -0.465 e. The summed E-state index contributed by atoms with van der Waals surface area (Å²) in [6.45, 7) is 2.84. The van der Waals surface area contributed by atoms with Crippen LogP contribution in [-0.4, -0.2) is 37.5 Å². The quantitative estimate of drug-likeness (QED) is 0.154. The second-order valence-corrected chi connectivity index (χ2v) is 11.0. The van der Waals surface area contributed by atoms with Gasteiger partial charge in [0, 0.05) is 0 Å². The Morgan fingerprint density at radius 3 is 1.95 bits per heavy atom. The molecule has 2 aliphatic rings. The van der Waals surface area contributed by atoms with Crippen molar-refractivity contribution in [2.45, 2.75) is 69.1 Å². The van der Waals surface area contributed by atoms with Crippen LogP contribution in [0, 0.1) is 0 Å². The average molecular weight is 605 g/mol. The molecule has 2 atom stereocenters. The number of rotatable bonds is 7. The normalized spacial score (nSPS) is 18.8. The molecule has 0 aromatic heterocycles. The van der Waals surface area contributed by atoms with Crippen molar-refractivity contribution < 1.29 is 45.4 Å². The zero-order chi connectivity index (χ0) is 31.2. The fourth-order valence-electron chi connectivity index (χ4n) is 6.61. The number of halogens is 6. The molecule has 5 rings (SSSR count). The van der Waals surface area contributed by atoms with Crippen LogP contribution in [0.2, 0.25) is 0 Å². The molecular formula is C33H30F6O4. The first-order valence-corrected chi connectivity index (χ1v) is 14.1. The van der Waals surface area contributed by atoms with E-state index in [0.29, 0.717) is 22.3 Å². The molecule has 3 aromatic carbocycles. The first-order chi connectivity index (χ1) is 20.3. The van der Waals surface area contributed by atoms with Crippen molar-refractivity contribution in [2.24, 2.45) is 0 Å². The Morgan fingerprint density at radius 1 is 0.744 bits per heavy atom. The highest BCUT2D eigenvalue weighted by atomic mass is 19.4. The maximum atomic E-state index is 13.6. The second-order valence-electron chi connectivity index (χ2n) is 11.0. The van der Waals surface area contributed by atoms with Crippen LogP contribution >= 0.6 is 0 Å². The fourth-order valence-corrected chi connectivity index (χ4v) is 6.61. The summed E-state index contributed by atoms with van der Waals surface area (Å²) < 4.78 is 92.1. The van der Waals surface area contributed by atoms with Gasteiger partial charge in [-0.05, 0) is 89.1 Å². The largest absolute Gasteiger partial charge is 0.465 e. The maximum absolute atomic E-state index is 13.6. The predicted molar refractivity (Wildman–Crippen MR) is 147 cm³/mol. The Labute approximate surface area is 245 Å². The number of fused-ring (bicyclic) bond motifs is 4. The molecule has 43 heavy (non-hydrogen) atoms. The van der Waals surface area contributed by atoms with Gasteiger partial charge >= 0.3 is 24.3 Å². The van der Waals surface area contributed by atoms with E-state index in [1.54, 1.807) is 30.3 Å². The van der Waals surface area contributed by atoms with Crippen molar-refractivity contribution in [3.63, 3.8) is 0 Å². The molecule has 0 radical (unpaired) electrons. The second kappa shape index (κ2) is 11.4. The van der Waals surface area contributed by atoms with E-state index in [1.807, 2.05) is 18.2 Å². The zero-order valence-corrected chi connectivity index (χ0v) is 23.6. The van der Waals surface area contributed by atoms with Crippen LogP contribution in [0.5, 0.6) is 0 Å². The van der Waals surface area contributed by atoms with E-state index in [-0.39, 0.29) is 30.8 Å². The molecule has 1 unspecified atom stereocenters. The molecule has 0 amide bonds. The lowest BCUT2D eigenvalue weighted by molar-refractivity contribution is -0.166. The molecule has 0 bridgehead atoms. The van der Waals surface area contributed by atoms with Crippen LogP contribution in [0.15, 0.2) is 60.7 Å². The SMILES string of the molecule is CCOC(=O)C1(C(=O)OCC)C[C@H](CC(F)(F)F)c2ccc(-c3ccc4c(c3)C(CC(F)(F)F)Cc3ccccc3-4)cc21. The molecule has 228 valence electrons. The molecule has 10 heteroatoms. The van der Waals surface area contributed by atoms with Gasteiger partial charge in [0.15, 0.2) is 5.41 Å². The highest BCUT2D eigenvalue weighted by Crippen LogP contribution is 2.53. The van der Waals surface area contributed by atoms with Crippen LogP contribution in [0.25, 0.3) is 22.3 Å². The Balaban J connectivity index is 1.66. The Kier molecular flexibility index (Phi) is 8.09. The first kappa shape index (κ1) is 30.6. The number of alkyl halides is 6. The van der Waals surface area contributed by atoms with Gasteiger partial charge in [-0.1, -0.05) is 54.6 Å². The number of carbonyl (C=O) groups is 2. The van der Waals surface area contributed by atoms with Gasteiger partial charge in [-0.3, -0.25) is 9.59 Å².